The molecule has 0 aliphatic rings. The predicted octanol–water partition coefficient (Wildman–Crippen LogP) is 3.63. The van der Waals surface area contributed by atoms with Crippen molar-refractivity contribution in [3.05, 3.63) is 30.3 Å². The van der Waals surface area contributed by atoms with Crippen molar-refractivity contribution in [2.75, 3.05) is 5.75 Å². The van der Waals surface area contributed by atoms with Gasteiger partial charge < -0.3 is 4.42 Å². The van der Waals surface area contributed by atoms with Crippen molar-refractivity contribution in [2.24, 2.45) is 0 Å². The van der Waals surface area contributed by atoms with Crippen molar-refractivity contribution in [3.63, 3.8) is 0 Å². The molecule has 16 heavy (non-hydrogen) atoms. The lowest BCUT2D eigenvalue weighted by Gasteiger charge is -1.93. The summed E-state index contributed by atoms with van der Waals surface area (Å²) in [7, 11) is 0. The average molecular weight is 234 g/mol. The third-order valence-electron chi connectivity index (χ3n) is 2.15. The molecule has 2 rings (SSSR count). The number of unbranched alkanes of at least 4 members (excludes halogenated alkanes) is 1. The van der Waals surface area contributed by atoms with Gasteiger partial charge in [0.15, 0.2) is 0 Å². The first-order chi connectivity index (χ1) is 7.90. The lowest BCUT2D eigenvalue weighted by Crippen LogP contribution is -1.77. The second-order valence-electron chi connectivity index (χ2n) is 3.44. The van der Waals surface area contributed by atoms with Gasteiger partial charge in [-0.25, -0.2) is 0 Å². The van der Waals surface area contributed by atoms with E-state index in [9.17, 15) is 0 Å². The number of thioether (sulfide) groups is 1. The minimum atomic E-state index is 0.597. The van der Waals surface area contributed by atoms with Gasteiger partial charge in [0.2, 0.25) is 5.89 Å². The van der Waals surface area contributed by atoms with Crippen LogP contribution in [0, 0.1) is 0 Å². The molecule has 4 heteroatoms. The summed E-state index contributed by atoms with van der Waals surface area (Å²) >= 11 is 1.62. The quantitative estimate of drug-likeness (QED) is 0.585. The van der Waals surface area contributed by atoms with E-state index in [1.807, 2.05) is 30.3 Å². The zero-order valence-corrected chi connectivity index (χ0v) is 10.0. The minimum Gasteiger partial charge on any atom is -0.411 e. The van der Waals surface area contributed by atoms with E-state index >= 15 is 0 Å². The molecular formula is C12H14N2OS. The zero-order chi connectivity index (χ0) is 11.2. The molecular weight excluding hydrogens is 220 g/mol. The molecule has 0 amide bonds. The predicted molar refractivity (Wildman–Crippen MR) is 65.4 cm³/mol. The Morgan fingerprint density at radius 1 is 1.19 bits per heavy atom. The molecule has 0 atom stereocenters. The molecule has 0 aliphatic carbocycles. The number of hydrogen-bond donors (Lipinski definition) is 0. The van der Waals surface area contributed by atoms with Gasteiger partial charge in [-0.3, -0.25) is 0 Å². The fraction of sp³-hybridized carbons (Fsp3) is 0.333. The highest BCUT2D eigenvalue weighted by Gasteiger charge is 2.07. The number of nitrogens with zero attached hydrogens (tertiary/aromatic N) is 2. The molecule has 1 heterocycles. The first-order valence-electron chi connectivity index (χ1n) is 5.42. The summed E-state index contributed by atoms with van der Waals surface area (Å²) in [6, 6.07) is 9.83. The molecule has 0 aliphatic heterocycles. The van der Waals surface area contributed by atoms with Crippen molar-refractivity contribution in [1.29, 1.82) is 0 Å². The first-order valence-corrected chi connectivity index (χ1v) is 6.40. The van der Waals surface area contributed by atoms with E-state index in [1.54, 1.807) is 11.8 Å². The summed E-state index contributed by atoms with van der Waals surface area (Å²) in [6.07, 6.45) is 2.36. The third kappa shape index (κ3) is 2.85. The number of aromatic nitrogens is 2. The van der Waals surface area contributed by atoms with Gasteiger partial charge in [0.1, 0.15) is 0 Å². The molecule has 0 unspecified atom stereocenters. The van der Waals surface area contributed by atoms with Crippen LogP contribution in [0.3, 0.4) is 0 Å². The summed E-state index contributed by atoms with van der Waals surface area (Å²) in [4.78, 5) is 0. The van der Waals surface area contributed by atoms with Gasteiger partial charge in [-0.2, -0.15) is 0 Å². The van der Waals surface area contributed by atoms with Crippen molar-refractivity contribution >= 4 is 11.8 Å². The van der Waals surface area contributed by atoms with Gasteiger partial charge in [0, 0.05) is 11.3 Å². The Kier molecular flexibility index (Phi) is 3.99. The van der Waals surface area contributed by atoms with E-state index in [0.29, 0.717) is 11.1 Å². The maximum absolute atomic E-state index is 5.56. The summed E-state index contributed by atoms with van der Waals surface area (Å²) in [6.45, 7) is 2.17. The largest absolute Gasteiger partial charge is 0.411 e. The number of rotatable bonds is 5. The molecule has 1 aromatic carbocycles. The molecule has 1 aromatic heterocycles. The van der Waals surface area contributed by atoms with Gasteiger partial charge in [0.05, 0.1) is 0 Å². The molecule has 0 fully saturated rings. The van der Waals surface area contributed by atoms with Crippen LogP contribution in [0.1, 0.15) is 19.8 Å². The molecule has 0 spiro atoms. The van der Waals surface area contributed by atoms with Gasteiger partial charge in [-0.15, -0.1) is 10.2 Å². The first kappa shape index (κ1) is 11.2. The third-order valence-corrected chi connectivity index (χ3v) is 3.06. The number of benzene rings is 1. The molecule has 0 N–H and O–H groups in total. The van der Waals surface area contributed by atoms with Gasteiger partial charge in [-0.1, -0.05) is 43.3 Å². The van der Waals surface area contributed by atoms with E-state index in [4.69, 9.17) is 4.42 Å². The maximum Gasteiger partial charge on any atom is 0.276 e. The maximum atomic E-state index is 5.56. The van der Waals surface area contributed by atoms with Crippen LogP contribution >= 0.6 is 11.8 Å². The van der Waals surface area contributed by atoms with Crippen LogP contribution < -0.4 is 0 Å². The van der Waals surface area contributed by atoms with Crippen LogP contribution in [-0.4, -0.2) is 16.0 Å². The Hall–Kier alpha value is -1.29. The van der Waals surface area contributed by atoms with Crippen LogP contribution in [0.2, 0.25) is 0 Å². The van der Waals surface area contributed by atoms with Crippen molar-refractivity contribution in [2.45, 2.75) is 25.0 Å². The Balaban J connectivity index is 2.02. The summed E-state index contributed by atoms with van der Waals surface area (Å²) in [5, 5.41) is 8.70. The average Bonchev–Trinajstić information content (AvgIpc) is 2.79. The second kappa shape index (κ2) is 5.70. The lowest BCUT2D eigenvalue weighted by molar-refractivity contribution is 0.466. The fourth-order valence-corrected chi connectivity index (χ4v) is 2.11. The van der Waals surface area contributed by atoms with Crippen molar-refractivity contribution < 1.29 is 4.42 Å². The van der Waals surface area contributed by atoms with Crippen LogP contribution in [0.4, 0.5) is 0 Å². The summed E-state index contributed by atoms with van der Waals surface area (Å²) < 4.78 is 5.56. The molecule has 2 aromatic rings. The number of hydrogen-bond acceptors (Lipinski definition) is 4. The summed E-state index contributed by atoms with van der Waals surface area (Å²) in [5.74, 6) is 1.63. The highest BCUT2D eigenvalue weighted by Crippen LogP contribution is 2.23. The fourth-order valence-electron chi connectivity index (χ4n) is 1.27. The molecule has 0 bridgehead atoms. The van der Waals surface area contributed by atoms with Crippen molar-refractivity contribution in [1.82, 2.24) is 10.2 Å². The molecule has 84 valence electrons. The smallest absolute Gasteiger partial charge is 0.276 e. The minimum absolute atomic E-state index is 0.597. The monoisotopic (exact) mass is 234 g/mol. The molecule has 0 radical (unpaired) electrons. The Bertz CT molecular complexity index is 428. The SMILES string of the molecule is CCCCSc1nnc(-c2ccccc2)o1. The van der Waals surface area contributed by atoms with Crippen LogP contribution in [-0.2, 0) is 0 Å². The Morgan fingerprint density at radius 2 is 2.00 bits per heavy atom. The van der Waals surface area contributed by atoms with E-state index in [0.717, 1.165) is 11.3 Å². The van der Waals surface area contributed by atoms with E-state index in [1.165, 1.54) is 12.8 Å². The Morgan fingerprint density at radius 3 is 2.75 bits per heavy atom. The zero-order valence-electron chi connectivity index (χ0n) is 9.22. The summed E-state index contributed by atoms with van der Waals surface area (Å²) in [5.41, 5.74) is 0.970. The lowest BCUT2D eigenvalue weighted by atomic mass is 10.2. The van der Waals surface area contributed by atoms with Crippen LogP contribution in [0.15, 0.2) is 40.0 Å². The van der Waals surface area contributed by atoms with Crippen molar-refractivity contribution in [3.8, 4) is 11.5 Å². The van der Waals surface area contributed by atoms with E-state index in [2.05, 4.69) is 17.1 Å². The topological polar surface area (TPSA) is 38.9 Å². The highest BCUT2D eigenvalue weighted by atomic mass is 32.2. The molecule has 3 nitrogen and oxygen atoms in total. The van der Waals surface area contributed by atoms with Crippen LogP contribution in [0.25, 0.3) is 11.5 Å². The Labute approximate surface area is 99.3 Å². The normalized spacial score (nSPS) is 10.6. The highest BCUT2D eigenvalue weighted by molar-refractivity contribution is 7.99. The van der Waals surface area contributed by atoms with Gasteiger partial charge >= 0.3 is 0 Å². The molecule has 0 saturated heterocycles. The van der Waals surface area contributed by atoms with Gasteiger partial charge in [0.25, 0.3) is 5.22 Å². The molecule has 0 saturated carbocycles. The standard InChI is InChI=1S/C12H14N2OS/c1-2-3-9-16-12-14-13-11(15-12)10-7-5-4-6-8-10/h4-8H,2-3,9H2,1H3. The van der Waals surface area contributed by atoms with Gasteiger partial charge in [-0.05, 0) is 18.6 Å². The second-order valence-corrected chi connectivity index (χ2v) is 4.49. The van der Waals surface area contributed by atoms with Crippen LogP contribution in [0.5, 0.6) is 0 Å². The van der Waals surface area contributed by atoms with E-state index < -0.39 is 0 Å². The van der Waals surface area contributed by atoms with E-state index in [-0.39, 0.29) is 0 Å².